The highest BCUT2D eigenvalue weighted by Crippen LogP contribution is 2.48. The molecule has 2 fully saturated rings. The fourth-order valence-corrected chi connectivity index (χ4v) is 3.50. The molecule has 1 aliphatic carbocycles. The first-order chi connectivity index (χ1) is 11.8. The van der Waals surface area contributed by atoms with Crippen molar-refractivity contribution < 1.29 is 4.79 Å². The van der Waals surface area contributed by atoms with Gasteiger partial charge < -0.3 is 9.80 Å². The molecule has 0 N–H and O–H groups in total. The molecule has 2 aliphatic rings. The Bertz CT molecular complexity index is 693. The van der Waals surface area contributed by atoms with Crippen molar-refractivity contribution in [2.24, 2.45) is 5.92 Å². The van der Waals surface area contributed by atoms with Gasteiger partial charge in [0.25, 0.3) is 0 Å². The molecule has 0 unspecified atom stereocenters. The van der Waals surface area contributed by atoms with Gasteiger partial charge in [0.1, 0.15) is 0 Å². The number of carbonyl (C=O) groups excluding carboxylic acids is 1. The zero-order valence-corrected chi connectivity index (χ0v) is 13.6. The normalized spacial score (nSPS) is 23.7. The van der Waals surface area contributed by atoms with Crippen LogP contribution in [0.4, 0.5) is 5.82 Å². The molecule has 3 heterocycles. The third-order valence-electron chi connectivity index (χ3n) is 4.91. The molecular weight excluding hydrogens is 302 g/mol. The summed E-state index contributed by atoms with van der Waals surface area (Å²) in [7, 11) is 0. The predicted molar refractivity (Wildman–Crippen MR) is 90.5 cm³/mol. The minimum Gasteiger partial charge on any atom is -0.353 e. The minimum atomic E-state index is 0.136. The lowest BCUT2D eigenvalue weighted by Gasteiger charge is -2.22. The molecule has 4 rings (SSSR count). The zero-order valence-electron chi connectivity index (χ0n) is 13.6. The number of anilines is 1. The van der Waals surface area contributed by atoms with Gasteiger partial charge in [-0.2, -0.15) is 5.10 Å². The minimum absolute atomic E-state index is 0.136. The molecule has 6 nitrogen and oxygen atoms in total. The van der Waals surface area contributed by atoms with Crippen LogP contribution in [0.15, 0.2) is 42.9 Å². The second-order valence-electron chi connectivity index (χ2n) is 6.48. The van der Waals surface area contributed by atoms with Crippen LogP contribution < -0.4 is 4.90 Å². The molecule has 1 amide bonds. The Hall–Kier alpha value is -2.50. The van der Waals surface area contributed by atoms with Gasteiger partial charge in [-0.05, 0) is 42.5 Å². The van der Waals surface area contributed by atoms with Crippen molar-refractivity contribution in [1.82, 2.24) is 20.1 Å². The van der Waals surface area contributed by atoms with Crippen molar-refractivity contribution in [3.05, 3.63) is 48.4 Å². The van der Waals surface area contributed by atoms with Gasteiger partial charge in [0.15, 0.2) is 5.82 Å². The number of pyridine rings is 1. The van der Waals surface area contributed by atoms with Crippen LogP contribution in [-0.4, -0.2) is 52.2 Å². The molecule has 1 saturated heterocycles. The number of rotatable bonds is 3. The lowest BCUT2D eigenvalue weighted by atomic mass is 10.1. The van der Waals surface area contributed by atoms with Crippen molar-refractivity contribution in [3.8, 4) is 0 Å². The summed E-state index contributed by atoms with van der Waals surface area (Å²) in [5.74, 6) is 1.68. The molecule has 2 atom stereocenters. The van der Waals surface area contributed by atoms with E-state index in [-0.39, 0.29) is 5.92 Å². The fraction of sp³-hybridized carbons (Fsp3) is 0.444. The van der Waals surface area contributed by atoms with Gasteiger partial charge in [-0.25, -0.2) is 0 Å². The molecule has 0 bridgehead atoms. The van der Waals surface area contributed by atoms with E-state index in [1.807, 2.05) is 29.3 Å². The second kappa shape index (κ2) is 6.55. The third-order valence-corrected chi connectivity index (χ3v) is 4.91. The summed E-state index contributed by atoms with van der Waals surface area (Å²) in [5.41, 5.74) is 1.19. The highest BCUT2D eigenvalue weighted by atomic mass is 16.2. The van der Waals surface area contributed by atoms with Crippen LogP contribution >= 0.6 is 0 Å². The van der Waals surface area contributed by atoms with E-state index >= 15 is 0 Å². The number of hydrogen-bond donors (Lipinski definition) is 0. The zero-order chi connectivity index (χ0) is 16.4. The second-order valence-corrected chi connectivity index (χ2v) is 6.48. The van der Waals surface area contributed by atoms with Crippen LogP contribution in [0.3, 0.4) is 0 Å². The van der Waals surface area contributed by atoms with Crippen molar-refractivity contribution in [1.29, 1.82) is 0 Å². The van der Waals surface area contributed by atoms with E-state index in [2.05, 4.69) is 26.1 Å². The molecule has 124 valence electrons. The number of carbonyl (C=O) groups is 1. The van der Waals surface area contributed by atoms with E-state index in [1.54, 1.807) is 12.4 Å². The van der Waals surface area contributed by atoms with E-state index < -0.39 is 0 Å². The highest BCUT2D eigenvalue weighted by molar-refractivity contribution is 5.83. The maximum atomic E-state index is 12.8. The van der Waals surface area contributed by atoms with Crippen molar-refractivity contribution in [2.45, 2.75) is 18.8 Å². The lowest BCUT2D eigenvalue weighted by molar-refractivity contribution is -0.132. The molecule has 0 spiro atoms. The van der Waals surface area contributed by atoms with E-state index in [1.165, 1.54) is 5.56 Å². The van der Waals surface area contributed by atoms with Gasteiger partial charge in [-0.15, -0.1) is 5.10 Å². The summed E-state index contributed by atoms with van der Waals surface area (Å²) < 4.78 is 0. The predicted octanol–water partition coefficient (Wildman–Crippen LogP) is 1.71. The van der Waals surface area contributed by atoms with Gasteiger partial charge in [0.05, 0.1) is 0 Å². The topological polar surface area (TPSA) is 62.2 Å². The van der Waals surface area contributed by atoms with Gasteiger partial charge in [0.2, 0.25) is 5.91 Å². The molecule has 24 heavy (non-hydrogen) atoms. The summed E-state index contributed by atoms with van der Waals surface area (Å²) in [5, 5.41) is 8.13. The molecule has 1 aliphatic heterocycles. The van der Waals surface area contributed by atoms with Crippen LogP contribution in [0, 0.1) is 5.92 Å². The van der Waals surface area contributed by atoms with Gasteiger partial charge >= 0.3 is 0 Å². The smallest absolute Gasteiger partial charge is 0.226 e. The first-order valence-electron chi connectivity index (χ1n) is 8.54. The van der Waals surface area contributed by atoms with E-state index in [0.29, 0.717) is 11.8 Å². The Morgan fingerprint density at radius 2 is 2.00 bits per heavy atom. The molecular formula is C18H21N5O. The van der Waals surface area contributed by atoms with Crippen molar-refractivity contribution >= 4 is 11.7 Å². The van der Waals surface area contributed by atoms with E-state index in [9.17, 15) is 4.79 Å². The average molecular weight is 323 g/mol. The Morgan fingerprint density at radius 3 is 2.79 bits per heavy atom. The summed E-state index contributed by atoms with van der Waals surface area (Å²) in [4.78, 5) is 21.2. The number of aromatic nitrogens is 3. The van der Waals surface area contributed by atoms with Crippen LogP contribution in [0.25, 0.3) is 0 Å². The first kappa shape index (κ1) is 15.1. The lowest BCUT2D eigenvalue weighted by Crippen LogP contribution is -2.36. The third kappa shape index (κ3) is 3.09. The van der Waals surface area contributed by atoms with E-state index in [4.69, 9.17) is 0 Å². The molecule has 0 aromatic carbocycles. The summed E-state index contributed by atoms with van der Waals surface area (Å²) >= 11 is 0. The maximum absolute atomic E-state index is 12.8. The molecule has 1 saturated carbocycles. The average Bonchev–Trinajstić information content (AvgIpc) is 3.46. The standard InChI is InChI=1S/C18H21N5O/c24-18(16-12-15(16)14-4-1-6-19-13-14)23-9-3-8-22(10-11-23)17-5-2-7-20-21-17/h1-2,4-7,13,15-16H,3,8-12H2/t15-,16-/m1/s1. The number of nitrogens with zero attached hydrogens (tertiary/aromatic N) is 5. The van der Waals surface area contributed by atoms with Crippen molar-refractivity contribution in [2.75, 3.05) is 31.1 Å². The molecule has 2 aromatic rings. The first-order valence-corrected chi connectivity index (χ1v) is 8.54. The summed E-state index contributed by atoms with van der Waals surface area (Å²) in [6, 6.07) is 7.89. The van der Waals surface area contributed by atoms with E-state index in [0.717, 1.165) is 44.8 Å². The van der Waals surface area contributed by atoms with Crippen molar-refractivity contribution in [3.63, 3.8) is 0 Å². The molecule has 0 radical (unpaired) electrons. The maximum Gasteiger partial charge on any atom is 0.226 e. The van der Waals surface area contributed by atoms with Gasteiger partial charge in [0, 0.05) is 50.7 Å². The molecule has 6 heteroatoms. The Morgan fingerprint density at radius 1 is 1.08 bits per heavy atom. The Balaban J connectivity index is 1.37. The molecule has 2 aromatic heterocycles. The van der Waals surface area contributed by atoms with Crippen LogP contribution in [-0.2, 0) is 4.79 Å². The number of amides is 1. The number of hydrogen-bond acceptors (Lipinski definition) is 5. The fourth-order valence-electron chi connectivity index (χ4n) is 3.50. The highest BCUT2D eigenvalue weighted by Gasteiger charge is 2.45. The van der Waals surface area contributed by atoms with Crippen LogP contribution in [0.5, 0.6) is 0 Å². The van der Waals surface area contributed by atoms with Crippen LogP contribution in [0.1, 0.15) is 24.3 Å². The Kier molecular flexibility index (Phi) is 4.11. The summed E-state index contributed by atoms with van der Waals surface area (Å²) in [6.07, 6.45) is 7.26. The largest absolute Gasteiger partial charge is 0.353 e. The summed E-state index contributed by atoms with van der Waals surface area (Å²) in [6.45, 7) is 3.31. The van der Waals surface area contributed by atoms with Crippen LogP contribution in [0.2, 0.25) is 0 Å². The van der Waals surface area contributed by atoms with Gasteiger partial charge in [-0.3, -0.25) is 9.78 Å². The Labute approximate surface area is 141 Å². The quantitative estimate of drug-likeness (QED) is 0.860. The van der Waals surface area contributed by atoms with Gasteiger partial charge in [-0.1, -0.05) is 6.07 Å². The SMILES string of the molecule is O=C([C@@H]1C[C@@H]1c1cccnc1)N1CCCN(c2cccnn2)CC1. The monoisotopic (exact) mass is 323 g/mol.